The molecule has 4 heteroatoms. The Bertz CT molecular complexity index is 1460. The van der Waals surface area contributed by atoms with Crippen molar-refractivity contribution in [1.82, 2.24) is 0 Å². The third kappa shape index (κ3) is 8.55. The first-order chi connectivity index (χ1) is 21.9. The van der Waals surface area contributed by atoms with E-state index in [1.165, 1.54) is 49.7 Å². The van der Waals surface area contributed by atoms with Gasteiger partial charge in [0.05, 0.1) is 0 Å². The molecule has 2 N–H and O–H groups in total. The van der Waals surface area contributed by atoms with Crippen molar-refractivity contribution in [3.63, 3.8) is 0 Å². The van der Waals surface area contributed by atoms with E-state index in [2.05, 4.69) is 90.1 Å². The van der Waals surface area contributed by atoms with E-state index >= 15 is 0 Å². The van der Waals surface area contributed by atoms with Gasteiger partial charge in [-0.15, -0.1) is 0 Å². The van der Waals surface area contributed by atoms with Gasteiger partial charge >= 0.3 is 0 Å². The summed E-state index contributed by atoms with van der Waals surface area (Å²) in [5.74, 6) is 2.42. The van der Waals surface area contributed by atoms with Crippen LogP contribution in [0.4, 0.5) is 0 Å². The number of phenolic OH excluding ortho intramolecular Hbond substituents is 2. The summed E-state index contributed by atoms with van der Waals surface area (Å²) in [7, 11) is 0. The van der Waals surface area contributed by atoms with Gasteiger partial charge in [-0.2, -0.15) is 23.5 Å². The molecule has 2 unspecified atom stereocenters. The summed E-state index contributed by atoms with van der Waals surface area (Å²) in [4.78, 5) is 0. The maximum Gasteiger partial charge on any atom is 0.127 e. The topological polar surface area (TPSA) is 40.5 Å². The minimum absolute atomic E-state index is 0.0164. The molecule has 0 aromatic heterocycles. The van der Waals surface area contributed by atoms with Crippen LogP contribution in [0.1, 0.15) is 102 Å². The first-order valence-corrected chi connectivity index (χ1v) is 19.1. The summed E-state index contributed by atoms with van der Waals surface area (Å²) in [5.41, 5.74) is 8.52. The molecule has 5 rings (SSSR count). The standard InChI is InChI=1S/C42H52O2S2/c1-41(2,3)33-23-31(39(43)35(25-33)29-17-11-9-12-18-29)27-45-37-21-15-7-8-16-22-38(37)46-28-32-24-34(42(4,5)6)26-36(40(32)44)30-19-13-10-14-20-30/h9-14,17-20,23-26,37-38,43-44H,7-8,15-16,21-22,27-28H2,1-6H3. The molecule has 4 aromatic rings. The van der Waals surface area contributed by atoms with Crippen molar-refractivity contribution in [2.75, 3.05) is 0 Å². The summed E-state index contributed by atoms with van der Waals surface area (Å²) in [5, 5.41) is 24.1. The molecule has 244 valence electrons. The van der Waals surface area contributed by atoms with Crippen molar-refractivity contribution < 1.29 is 10.2 Å². The van der Waals surface area contributed by atoms with Gasteiger partial charge in [0, 0.05) is 44.3 Å². The van der Waals surface area contributed by atoms with Gasteiger partial charge in [0.2, 0.25) is 0 Å². The van der Waals surface area contributed by atoms with Crippen LogP contribution in [0.15, 0.2) is 84.9 Å². The van der Waals surface area contributed by atoms with Crippen LogP contribution in [0.5, 0.6) is 11.5 Å². The molecule has 0 saturated heterocycles. The molecule has 46 heavy (non-hydrogen) atoms. The summed E-state index contributed by atoms with van der Waals surface area (Å²) in [6.07, 6.45) is 7.48. The SMILES string of the molecule is CC(C)(C)c1cc(CSC2CCCCCCC2SCc2cc(C(C)(C)C)cc(-c3ccccc3)c2O)c(O)c(-c2ccccc2)c1. The summed E-state index contributed by atoms with van der Waals surface area (Å²) in [6.45, 7) is 13.5. The Morgan fingerprint density at radius 1 is 0.543 bits per heavy atom. The molecule has 1 aliphatic carbocycles. The fourth-order valence-corrected chi connectivity index (χ4v) is 9.41. The molecule has 2 nitrogen and oxygen atoms in total. The number of hydrogen-bond acceptors (Lipinski definition) is 4. The van der Waals surface area contributed by atoms with Crippen LogP contribution < -0.4 is 0 Å². The molecule has 2 atom stereocenters. The Morgan fingerprint density at radius 2 is 0.913 bits per heavy atom. The lowest BCUT2D eigenvalue weighted by Gasteiger charge is -2.30. The van der Waals surface area contributed by atoms with Crippen LogP contribution in [0.25, 0.3) is 22.3 Å². The molecule has 0 amide bonds. The Balaban J connectivity index is 1.41. The molecular weight excluding hydrogens is 601 g/mol. The highest BCUT2D eigenvalue weighted by Crippen LogP contribution is 2.44. The largest absolute Gasteiger partial charge is 0.507 e. The molecular formula is C42H52O2S2. The van der Waals surface area contributed by atoms with Crippen LogP contribution in [-0.2, 0) is 22.3 Å². The normalized spacial score (nSPS) is 17.8. The number of aromatic hydroxyl groups is 2. The predicted molar refractivity (Wildman–Crippen MR) is 202 cm³/mol. The summed E-state index contributed by atoms with van der Waals surface area (Å²) >= 11 is 4.04. The van der Waals surface area contributed by atoms with E-state index in [-0.39, 0.29) is 10.8 Å². The molecule has 0 spiro atoms. The highest BCUT2D eigenvalue weighted by molar-refractivity contribution is 8.03. The maximum atomic E-state index is 11.6. The molecule has 1 saturated carbocycles. The lowest BCUT2D eigenvalue weighted by Crippen LogP contribution is -2.22. The van der Waals surface area contributed by atoms with E-state index in [1.807, 2.05) is 59.9 Å². The van der Waals surface area contributed by atoms with E-state index < -0.39 is 0 Å². The number of phenols is 2. The van der Waals surface area contributed by atoms with Gasteiger partial charge in [0.25, 0.3) is 0 Å². The monoisotopic (exact) mass is 652 g/mol. The van der Waals surface area contributed by atoms with Crippen molar-refractivity contribution in [1.29, 1.82) is 0 Å². The Kier molecular flexibility index (Phi) is 11.2. The minimum Gasteiger partial charge on any atom is -0.507 e. The zero-order valence-electron chi connectivity index (χ0n) is 28.6. The van der Waals surface area contributed by atoms with Crippen LogP contribution >= 0.6 is 23.5 Å². The molecule has 0 heterocycles. The van der Waals surface area contributed by atoms with Crippen LogP contribution in [0.2, 0.25) is 0 Å². The first kappa shape index (κ1) is 34.5. The van der Waals surface area contributed by atoms with Crippen LogP contribution in [0.3, 0.4) is 0 Å². The van der Waals surface area contributed by atoms with Crippen molar-refractivity contribution in [3.8, 4) is 33.8 Å². The minimum atomic E-state index is -0.0164. The molecule has 4 aromatic carbocycles. The number of hydrogen-bond donors (Lipinski definition) is 2. The zero-order valence-corrected chi connectivity index (χ0v) is 30.2. The van der Waals surface area contributed by atoms with Crippen LogP contribution in [0, 0.1) is 0 Å². The van der Waals surface area contributed by atoms with Crippen molar-refractivity contribution in [2.45, 2.75) is 113 Å². The predicted octanol–water partition coefficient (Wildman–Crippen LogP) is 12.3. The van der Waals surface area contributed by atoms with E-state index in [0.29, 0.717) is 22.0 Å². The lowest BCUT2D eigenvalue weighted by molar-refractivity contribution is 0.470. The number of thioether (sulfide) groups is 2. The van der Waals surface area contributed by atoms with Gasteiger partial charge in [-0.25, -0.2) is 0 Å². The molecule has 1 fully saturated rings. The average molecular weight is 653 g/mol. The Hall–Kier alpha value is -2.82. The third-order valence-corrected chi connectivity index (χ3v) is 12.4. The van der Waals surface area contributed by atoms with Gasteiger partial charge in [0.1, 0.15) is 11.5 Å². The third-order valence-electron chi connectivity index (χ3n) is 9.33. The number of rotatable bonds is 8. The fraction of sp³-hybridized carbons (Fsp3) is 0.429. The van der Waals surface area contributed by atoms with E-state index in [4.69, 9.17) is 0 Å². The van der Waals surface area contributed by atoms with E-state index in [1.54, 1.807) is 0 Å². The average Bonchev–Trinajstić information content (AvgIpc) is 3.01. The Morgan fingerprint density at radius 3 is 1.26 bits per heavy atom. The number of benzene rings is 4. The second-order valence-corrected chi connectivity index (χ2v) is 17.4. The van der Waals surface area contributed by atoms with E-state index in [9.17, 15) is 10.2 Å². The molecule has 0 radical (unpaired) electrons. The van der Waals surface area contributed by atoms with Gasteiger partial charge in [-0.1, -0.05) is 140 Å². The lowest BCUT2D eigenvalue weighted by atomic mass is 9.84. The van der Waals surface area contributed by atoms with Crippen molar-refractivity contribution in [2.24, 2.45) is 0 Å². The zero-order chi connectivity index (χ0) is 32.9. The first-order valence-electron chi connectivity index (χ1n) is 17.0. The van der Waals surface area contributed by atoms with Gasteiger partial charge in [-0.3, -0.25) is 0 Å². The van der Waals surface area contributed by atoms with Gasteiger partial charge < -0.3 is 10.2 Å². The van der Waals surface area contributed by atoms with Crippen molar-refractivity contribution >= 4 is 23.5 Å². The van der Waals surface area contributed by atoms with E-state index in [0.717, 1.165) is 44.9 Å². The quantitative estimate of drug-likeness (QED) is 0.199. The molecule has 0 bridgehead atoms. The van der Waals surface area contributed by atoms with Gasteiger partial charge in [-0.05, 0) is 58.1 Å². The fourth-order valence-electron chi connectivity index (χ4n) is 6.34. The van der Waals surface area contributed by atoms with Crippen molar-refractivity contribution in [3.05, 3.63) is 107 Å². The smallest absolute Gasteiger partial charge is 0.127 e. The summed E-state index contributed by atoms with van der Waals surface area (Å²) in [6, 6.07) is 29.4. The van der Waals surface area contributed by atoms with Gasteiger partial charge in [0.15, 0.2) is 0 Å². The highest BCUT2D eigenvalue weighted by Gasteiger charge is 2.27. The Labute approximate surface area is 286 Å². The second-order valence-electron chi connectivity index (χ2n) is 15.0. The molecule has 0 aliphatic heterocycles. The van der Waals surface area contributed by atoms with Crippen LogP contribution in [-0.4, -0.2) is 20.7 Å². The maximum absolute atomic E-state index is 11.6. The highest BCUT2D eigenvalue weighted by atomic mass is 32.2. The molecule has 1 aliphatic rings. The summed E-state index contributed by atoms with van der Waals surface area (Å²) < 4.78 is 0. The second kappa shape index (κ2) is 14.9.